The van der Waals surface area contributed by atoms with Crippen molar-refractivity contribution in [2.24, 2.45) is 5.84 Å². The number of hydrazine groups is 1. The van der Waals surface area contributed by atoms with Gasteiger partial charge in [-0.25, -0.2) is 0 Å². The molecule has 0 spiro atoms. The van der Waals surface area contributed by atoms with Crippen LogP contribution in [0.4, 0.5) is 5.69 Å². The first kappa shape index (κ1) is 12.6. The van der Waals surface area contributed by atoms with Crippen molar-refractivity contribution in [3.05, 3.63) is 29.0 Å². The highest BCUT2D eigenvalue weighted by molar-refractivity contribution is 5.96. The quantitative estimate of drug-likeness (QED) is 0.644. The second kappa shape index (κ2) is 4.82. The van der Waals surface area contributed by atoms with Gasteiger partial charge in [0.2, 0.25) is 0 Å². The minimum atomic E-state index is 0.823. The SMILES string of the molecule is CCc1c(C)nc2c(C)cc(OC)cc2c1NN. The second-order valence-corrected chi connectivity index (χ2v) is 4.39. The first-order valence-corrected chi connectivity index (χ1v) is 6.06. The van der Waals surface area contributed by atoms with E-state index in [-0.39, 0.29) is 0 Å². The zero-order valence-corrected chi connectivity index (χ0v) is 11.3. The number of nitrogens with two attached hydrogens (primary N) is 1. The van der Waals surface area contributed by atoms with Crippen LogP contribution in [-0.4, -0.2) is 12.1 Å². The summed E-state index contributed by atoms with van der Waals surface area (Å²) in [4.78, 5) is 4.68. The molecular formula is C14H19N3O. The number of nitrogens with one attached hydrogen (secondary N) is 1. The van der Waals surface area contributed by atoms with Crippen molar-refractivity contribution in [1.29, 1.82) is 0 Å². The summed E-state index contributed by atoms with van der Waals surface area (Å²) in [5, 5.41) is 1.01. The number of pyridine rings is 1. The van der Waals surface area contributed by atoms with E-state index < -0.39 is 0 Å². The molecular weight excluding hydrogens is 226 g/mol. The molecule has 1 heterocycles. The van der Waals surface area contributed by atoms with Gasteiger partial charge < -0.3 is 10.2 Å². The molecule has 18 heavy (non-hydrogen) atoms. The van der Waals surface area contributed by atoms with Gasteiger partial charge in [-0.2, -0.15) is 0 Å². The summed E-state index contributed by atoms with van der Waals surface area (Å²) in [5.41, 5.74) is 7.99. The molecule has 3 N–H and O–H groups in total. The van der Waals surface area contributed by atoms with Gasteiger partial charge in [-0.15, -0.1) is 0 Å². The average Bonchev–Trinajstić information content (AvgIpc) is 2.37. The van der Waals surface area contributed by atoms with Crippen molar-refractivity contribution in [3.8, 4) is 5.75 Å². The number of methoxy groups -OCH3 is 1. The van der Waals surface area contributed by atoms with E-state index in [4.69, 9.17) is 10.6 Å². The van der Waals surface area contributed by atoms with Gasteiger partial charge in [0.1, 0.15) is 5.75 Å². The summed E-state index contributed by atoms with van der Waals surface area (Å²) in [6.07, 6.45) is 0.893. The Morgan fingerprint density at radius 1 is 1.33 bits per heavy atom. The number of benzene rings is 1. The van der Waals surface area contributed by atoms with Crippen LogP contribution < -0.4 is 16.0 Å². The minimum absolute atomic E-state index is 0.823. The van der Waals surface area contributed by atoms with E-state index >= 15 is 0 Å². The molecule has 0 aliphatic heterocycles. The lowest BCUT2D eigenvalue weighted by Crippen LogP contribution is -2.12. The maximum Gasteiger partial charge on any atom is 0.119 e. The van der Waals surface area contributed by atoms with Gasteiger partial charge in [0.15, 0.2) is 0 Å². The summed E-state index contributed by atoms with van der Waals surface area (Å²) in [6.45, 7) is 6.15. The third-order valence-electron chi connectivity index (χ3n) is 3.29. The fourth-order valence-corrected chi connectivity index (χ4v) is 2.38. The summed E-state index contributed by atoms with van der Waals surface area (Å²) < 4.78 is 5.31. The molecule has 0 aliphatic carbocycles. The van der Waals surface area contributed by atoms with Gasteiger partial charge in [0.25, 0.3) is 0 Å². The minimum Gasteiger partial charge on any atom is -0.497 e. The van der Waals surface area contributed by atoms with Crippen molar-refractivity contribution in [3.63, 3.8) is 0 Å². The Bertz CT molecular complexity index is 593. The Labute approximate surface area is 107 Å². The molecule has 1 aromatic heterocycles. The fourth-order valence-electron chi connectivity index (χ4n) is 2.38. The van der Waals surface area contributed by atoms with Gasteiger partial charge in [0.05, 0.1) is 18.3 Å². The van der Waals surface area contributed by atoms with Crippen LogP contribution in [0.3, 0.4) is 0 Å². The van der Waals surface area contributed by atoms with Gasteiger partial charge >= 0.3 is 0 Å². The number of hydrogen-bond donors (Lipinski definition) is 2. The third kappa shape index (κ3) is 1.88. The lowest BCUT2D eigenvalue weighted by molar-refractivity contribution is 0.415. The normalized spacial score (nSPS) is 10.7. The molecule has 0 amide bonds. The van der Waals surface area contributed by atoms with Crippen molar-refractivity contribution in [1.82, 2.24) is 4.98 Å². The molecule has 0 fully saturated rings. The predicted molar refractivity (Wildman–Crippen MR) is 75.0 cm³/mol. The summed E-state index contributed by atoms with van der Waals surface area (Å²) in [5.74, 6) is 6.51. The van der Waals surface area contributed by atoms with Gasteiger partial charge in [-0.3, -0.25) is 10.8 Å². The highest BCUT2D eigenvalue weighted by Crippen LogP contribution is 2.32. The van der Waals surface area contributed by atoms with E-state index in [2.05, 4.69) is 17.3 Å². The molecule has 0 unspecified atom stereocenters. The lowest BCUT2D eigenvalue weighted by Gasteiger charge is -2.15. The van der Waals surface area contributed by atoms with E-state index in [1.807, 2.05) is 26.0 Å². The molecule has 4 heteroatoms. The smallest absolute Gasteiger partial charge is 0.119 e. The van der Waals surface area contributed by atoms with Crippen LogP contribution in [0.2, 0.25) is 0 Å². The van der Waals surface area contributed by atoms with E-state index in [9.17, 15) is 0 Å². The van der Waals surface area contributed by atoms with Gasteiger partial charge in [-0.1, -0.05) is 6.92 Å². The monoisotopic (exact) mass is 245 g/mol. The number of aryl methyl sites for hydroxylation is 2. The molecule has 0 radical (unpaired) electrons. The molecule has 4 nitrogen and oxygen atoms in total. The standard InChI is InChI=1S/C14H19N3O/c1-5-11-9(3)16-13-8(2)6-10(18-4)7-12(13)14(11)17-15/h6-7H,5,15H2,1-4H3,(H,16,17). The number of nitrogen functional groups attached to an aromatic ring is 1. The van der Waals surface area contributed by atoms with Crippen LogP contribution in [0.15, 0.2) is 12.1 Å². The molecule has 2 aromatic rings. The van der Waals surface area contributed by atoms with E-state index in [1.54, 1.807) is 7.11 Å². The third-order valence-corrected chi connectivity index (χ3v) is 3.29. The van der Waals surface area contributed by atoms with Crippen molar-refractivity contribution >= 4 is 16.6 Å². The summed E-state index contributed by atoms with van der Waals surface area (Å²) in [6, 6.07) is 3.96. The van der Waals surface area contributed by atoms with Crippen molar-refractivity contribution < 1.29 is 4.74 Å². The van der Waals surface area contributed by atoms with E-state index in [1.165, 1.54) is 0 Å². The Kier molecular flexibility index (Phi) is 3.39. The van der Waals surface area contributed by atoms with Crippen molar-refractivity contribution in [2.45, 2.75) is 27.2 Å². The highest BCUT2D eigenvalue weighted by atomic mass is 16.5. The molecule has 0 saturated carbocycles. The van der Waals surface area contributed by atoms with Crippen molar-refractivity contribution in [2.75, 3.05) is 12.5 Å². The largest absolute Gasteiger partial charge is 0.497 e. The van der Waals surface area contributed by atoms with Crippen LogP contribution >= 0.6 is 0 Å². The first-order chi connectivity index (χ1) is 8.62. The molecule has 96 valence electrons. The zero-order valence-electron chi connectivity index (χ0n) is 11.3. The molecule has 2 rings (SSSR count). The maximum atomic E-state index is 5.68. The van der Waals surface area contributed by atoms with Crippen LogP contribution in [0.1, 0.15) is 23.7 Å². The number of hydrogen-bond acceptors (Lipinski definition) is 4. The Morgan fingerprint density at radius 2 is 2.06 bits per heavy atom. The van der Waals surface area contributed by atoms with Crippen LogP contribution in [0.25, 0.3) is 10.9 Å². The number of nitrogens with zero attached hydrogens (tertiary/aromatic N) is 1. The number of rotatable bonds is 3. The Morgan fingerprint density at radius 3 is 2.61 bits per heavy atom. The van der Waals surface area contributed by atoms with E-state index in [0.717, 1.165) is 45.6 Å². The fraction of sp³-hybridized carbons (Fsp3) is 0.357. The Hall–Kier alpha value is -1.81. The number of anilines is 1. The summed E-state index contributed by atoms with van der Waals surface area (Å²) >= 11 is 0. The predicted octanol–water partition coefficient (Wildman–Crippen LogP) is 2.71. The molecule has 1 aromatic carbocycles. The maximum absolute atomic E-state index is 5.68. The molecule has 0 aliphatic rings. The Balaban J connectivity index is 2.89. The summed E-state index contributed by atoms with van der Waals surface area (Å²) in [7, 11) is 1.67. The topological polar surface area (TPSA) is 60.2 Å². The first-order valence-electron chi connectivity index (χ1n) is 6.06. The van der Waals surface area contributed by atoms with Crippen LogP contribution in [0, 0.1) is 13.8 Å². The average molecular weight is 245 g/mol. The lowest BCUT2D eigenvalue weighted by atomic mass is 10.0. The van der Waals surface area contributed by atoms with Gasteiger partial charge in [0, 0.05) is 11.1 Å². The molecule has 0 atom stereocenters. The highest BCUT2D eigenvalue weighted by Gasteiger charge is 2.13. The molecule has 0 saturated heterocycles. The number of ether oxygens (including phenoxy) is 1. The number of aromatic nitrogens is 1. The zero-order chi connectivity index (χ0) is 13.3. The second-order valence-electron chi connectivity index (χ2n) is 4.39. The van der Waals surface area contributed by atoms with E-state index in [0.29, 0.717) is 0 Å². The van der Waals surface area contributed by atoms with Gasteiger partial charge in [-0.05, 0) is 43.5 Å². The van der Waals surface area contributed by atoms with Crippen LogP contribution in [-0.2, 0) is 6.42 Å². The molecule has 0 bridgehead atoms. The van der Waals surface area contributed by atoms with Crippen LogP contribution in [0.5, 0.6) is 5.75 Å². The number of fused-ring (bicyclic) bond motifs is 1.